The predicted octanol–water partition coefficient (Wildman–Crippen LogP) is 5.58. The minimum atomic E-state index is -0.362. The Kier molecular flexibility index (Phi) is 5.24. The molecule has 3 heterocycles. The molecule has 152 valence electrons. The first-order valence-corrected chi connectivity index (χ1v) is 11.4. The highest BCUT2D eigenvalue weighted by molar-refractivity contribution is 7.99. The van der Waals surface area contributed by atoms with Gasteiger partial charge in [0.25, 0.3) is 5.69 Å². The van der Waals surface area contributed by atoms with Gasteiger partial charge >= 0.3 is 0 Å². The molecule has 1 fully saturated rings. The van der Waals surface area contributed by atoms with E-state index in [4.69, 9.17) is 14.3 Å². The molecule has 4 aromatic rings. The highest BCUT2D eigenvalue weighted by atomic mass is 32.2. The number of rotatable bonds is 6. The van der Waals surface area contributed by atoms with E-state index in [2.05, 4.69) is 0 Å². The lowest BCUT2D eigenvalue weighted by Gasteiger charge is -2.08. The maximum Gasteiger partial charge on any atom is 0.272 e. The Balaban J connectivity index is 1.71. The fraction of sp³-hybridized carbons (Fsp3) is 0.190. The summed E-state index contributed by atoms with van der Waals surface area (Å²) in [6, 6.07) is 16.6. The molecule has 0 N–H and O–H groups in total. The summed E-state index contributed by atoms with van der Waals surface area (Å²) in [7, 11) is 0. The van der Waals surface area contributed by atoms with Crippen molar-refractivity contribution in [1.82, 2.24) is 9.78 Å². The fourth-order valence-corrected chi connectivity index (χ4v) is 5.37. The summed E-state index contributed by atoms with van der Waals surface area (Å²) in [6.45, 7) is 0.664. The van der Waals surface area contributed by atoms with E-state index >= 15 is 0 Å². The van der Waals surface area contributed by atoms with Gasteiger partial charge in [0.1, 0.15) is 16.9 Å². The zero-order valence-corrected chi connectivity index (χ0v) is 17.4. The van der Waals surface area contributed by atoms with E-state index in [0.717, 1.165) is 33.2 Å². The first-order chi connectivity index (χ1) is 14.7. The summed E-state index contributed by atoms with van der Waals surface area (Å²) >= 11 is 3.20. The molecule has 7 nitrogen and oxygen atoms in total. The van der Waals surface area contributed by atoms with Gasteiger partial charge in [-0.15, -0.1) is 23.5 Å². The Morgan fingerprint density at radius 2 is 2.10 bits per heavy atom. The Bertz CT molecular complexity index is 1190. The monoisotopic (exact) mass is 439 g/mol. The normalized spacial score (nSPS) is 16.3. The third kappa shape index (κ3) is 3.60. The van der Waals surface area contributed by atoms with Crippen molar-refractivity contribution in [3.63, 3.8) is 0 Å². The molecule has 30 heavy (non-hydrogen) atoms. The van der Waals surface area contributed by atoms with Gasteiger partial charge in [-0.2, -0.15) is 5.10 Å². The zero-order chi connectivity index (χ0) is 20.5. The van der Waals surface area contributed by atoms with Crippen LogP contribution in [0.25, 0.3) is 16.6 Å². The average Bonchev–Trinajstić information content (AvgIpc) is 3.53. The molecule has 0 aliphatic carbocycles. The van der Waals surface area contributed by atoms with Gasteiger partial charge < -0.3 is 9.15 Å². The van der Waals surface area contributed by atoms with Crippen LogP contribution >= 0.6 is 23.5 Å². The molecular formula is C21H17N3O4S2. The average molecular weight is 440 g/mol. The molecule has 1 saturated heterocycles. The molecule has 0 spiro atoms. The van der Waals surface area contributed by atoms with E-state index in [-0.39, 0.29) is 16.0 Å². The van der Waals surface area contributed by atoms with E-state index in [0.29, 0.717) is 17.9 Å². The van der Waals surface area contributed by atoms with Crippen LogP contribution in [0.4, 0.5) is 5.69 Å². The van der Waals surface area contributed by atoms with Crippen LogP contribution in [-0.2, 0) is 10.5 Å². The van der Waals surface area contributed by atoms with Gasteiger partial charge in [-0.1, -0.05) is 18.2 Å². The second kappa shape index (κ2) is 8.17. The number of para-hydroxylation sites is 1. The molecule has 0 bridgehead atoms. The van der Waals surface area contributed by atoms with E-state index in [1.54, 1.807) is 34.8 Å². The van der Waals surface area contributed by atoms with Gasteiger partial charge in [0.05, 0.1) is 34.8 Å². The lowest BCUT2D eigenvalue weighted by Crippen LogP contribution is -1.99. The molecule has 1 aliphatic heterocycles. The number of furan rings is 1. The third-order valence-corrected chi connectivity index (χ3v) is 6.89. The molecule has 2 aromatic heterocycles. The van der Waals surface area contributed by atoms with Crippen LogP contribution in [-0.4, -0.2) is 27.1 Å². The fourth-order valence-electron chi connectivity index (χ4n) is 3.43. The number of fused-ring (bicyclic) bond motifs is 1. The molecule has 2 aromatic carbocycles. The largest absolute Gasteiger partial charge is 0.468 e. The molecular weight excluding hydrogens is 422 g/mol. The van der Waals surface area contributed by atoms with Crippen LogP contribution in [0.5, 0.6) is 0 Å². The maximum atomic E-state index is 11.7. The van der Waals surface area contributed by atoms with Gasteiger partial charge in [0.15, 0.2) is 0 Å². The van der Waals surface area contributed by atoms with Crippen molar-refractivity contribution in [2.24, 2.45) is 0 Å². The number of hydrogen-bond donors (Lipinski definition) is 0. The molecule has 9 heteroatoms. The highest BCUT2D eigenvalue weighted by Gasteiger charge is 2.28. The number of non-ortho nitro benzene ring substituents is 1. The van der Waals surface area contributed by atoms with E-state index in [1.807, 2.05) is 42.5 Å². The second-order valence-electron chi connectivity index (χ2n) is 6.67. The topological polar surface area (TPSA) is 83.3 Å². The molecule has 0 unspecified atom stereocenters. The summed E-state index contributed by atoms with van der Waals surface area (Å²) in [4.78, 5) is 12.1. The Hall–Kier alpha value is -2.75. The number of thioether (sulfide) groups is 2. The smallest absolute Gasteiger partial charge is 0.272 e. The standard InChI is InChI=1S/C21H17N3O4S2/c25-24(26)15-11-17-19(18(12-15)30-13-16-7-4-8-27-16)20(21-28-9-10-29-21)22-23(17)14-5-2-1-3-6-14/h1-8,11-12,21H,9-10,13H2/t21-/m1/s1. The van der Waals surface area contributed by atoms with Gasteiger partial charge in [-0.25, -0.2) is 4.68 Å². The van der Waals surface area contributed by atoms with Gasteiger partial charge in [0.2, 0.25) is 0 Å². The first kappa shape index (κ1) is 19.2. The summed E-state index contributed by atoms with van der Waals surface area (Å²) in [6.07, 6.45) is 1.63. The van der Waals surface area contributed by atoms with Crippen LogP contribution in [0.3, 0.4) is 0 Å². The number of nitro benzene ring substituents is 1. The minimum Gasteiger partial charge on any atom is -0.468 e. The van der Waals surface area contributed by atoms with Crippen LogP contribution < -0.4 is 0 Å². The van der Waals surface area contributed by atoms with Crippen LogP contribution in [0.1, 0.15) is 16.9 Å². The Morgan fingerprint density at radius 3 is 2.80 bits per heavy atom. The summed E-state index contributed by atoms with van der Waals surface area (Å²) in [5, 5.41) is 17.4. The molecule has 0 radical (unpaired) electrons. The summed E-state index contributed by atoms with van der Waals surface area (Å²) < 4.78 is 13.1. The number of nitro groups is 1. The number of aromatic nitrogens is 2. The number of ether oxygens (including phenoxy) is 1. The first-order valence-electron chi connectivity index (χ1n) is 9.35. The zero-order valence-electron chi connectivity index (χ0n) is 15.8. The van der Waals surface area contributed by atoms with E-state index in [9.17, 15) is 10.1 Å². The van der Waals surface area contributed by atoms with E-state index in [1.165, 1.54) is 11.8 Å². The second-order valence-corrected chi connectivity index (χ2v) is 8.86. The van der Waals surface area contributed by atoms with Crippen LogP contribution in [0.15, 0.2) is 70.2 Å². The minimum absolute atomic E-state index is 0.0352. The van der Waals surface area contributed by atoms with Crippen molar-refractivity contribution >= 4 is 40.1 Å². The van der Waals surface area contributed by atoms with Gasteiger partial charge in [0, 0.05) is 28.2 Å². The number of nitrogens with zero attached hydrogens (tertiary/aromatic N) is 3. The van der Waals surface area contributed by atoms with Crippen molar-refractivity contribution < 1.29 is 14.1 Å². The Morgan fingerprint density at radius 1 is 1.23 bits per heavy atom. The summed E-state index contributed by atoms with van der Waals surface area (Å²) in [5.74, 6) is 2.27. The van der Waals surface area contributed by atoms with Crippen molar-refractivity contribution in [3.05, 3.63) is 82.4 Å². The lowest BCUT2D eigenvalue weighted by molar-refractivity contribution is -0.384. The molecule has 0 saturated carbocycles. The Labute approximate surface area is 180 Å². The SMILES string of the molecule is O=[N+]([O-])c1cc(SCc2ccco2)c2c([C@@H]3OCCS3)nn(-c3ccccc3)c2c1. The molecule has 0 amide bonds. The quantitative estimate of drug-likeness (QED) is 0.220. The number of benzene rings is 2. The molecule has 5 rings (SSSR count). The molecule has 1 aliphatic rings. The lowest BCUT2D eigenvalue weighted by atomic mass is 10.2. The van der Waals surface area contributed by atoms with E-state index < -0.39 is 0 Å². The predicted molar refractivity (Wildman–Crippen MR) is 117 cm³/mol. The van der Waals surface area contributed by atoms with Crippen molar-refractivity contribution in [2.45, 2.75) is 16.1 Å². The summed E-state index contributed by atoms with van der Waals surface area (Å²) in [5.41, 5.74) is 2.19. The highest BCUT2D eigenvalue weighted by Crippen LogP contribution is 2.43. The van der Waals surface area contributed by atoms with Gasteiger partial charge in [-0.3, -0.25) is 10.1 Å². The van der Waals surface area contributed by atoms with Crippen LogP contribution in [0.2, 0.25) is 0 Å². The maximum absolute atomic E-state index is 11.7. The number of hydrogen-bond acceptors (Lipinski definition) is 7. The van der Waals surface area contributed by atoms with Crippen molar-refractivity contribution in [2.75, 3.05) is 12.4 Å². The van der Waals surface area contributed by atoms with Crippen molar-refractivity contribution in [1.29, 1.82) is 0 Å². The third-order valence-electron chi connectivity index (χ3n) is 4.76. The molecule has 1 atom stereocenters. The van der Waals surface area contributed by atoms with Crippen molar-refractivity contribution in [3.8, 4) is 5.69 Å². The van der Waals surface area contributed by atoms with Gasteiger partial charge in [-0.05, 0) is 24.3 Å². The van der Waals surface area contributed by atoms with Crippen LogP contribution in [0, 0.1) is 10.1 Å².